The van der Waals surface area contributed by atoms with Gasteiger partial charge < -0.3 is 50.5 Å². The summed E-state index contributed by atoms with van der Waals surface area (Å²) in [5.41, 5.74) is 0. The molecule has 366 valence electrons. The Balaban J connectivity index is 2.46. The molecule has 1 fully saturated rings. The Morgan fingerprint density at radius 3 is 1.54 bits per heavy atom. The molecular weight excluding hydrogens is 799 g/mol. The first kappa shape index (κ1) is 58.8. The number of aliphatic hydroxyl groups excluding tert-OH is 7. The lowest BCUT2D eigenvalue weighted by Crippen LogP contribution is -2.60. The second-order valence-electron chi connectivity index (χ2n) is 17.5. The van der Waals surface area contributed by atoms with Crippen molar-refractivity contribution in [1.29, 1.82) is 0 Å². The lowest BCUT2D eigenvalue weighted by molar-refractivity contribution is -0.303. The first-order chi connectivity index (χ1) is 30.7. The van der Waals surface area contributed by atoms with Crippen LogP contribution in [0.4, 0.5) is 0 Å². The summed E-state index contributed by atoms with van der Waals surface area (Å²) in [7, 11) is 0. The zero-order chi connectivity index (χ0) is 46.2. The summed E-state index contributed by atoms with van der Waals surface area (Å²) in [6.45, 7) is 3.37. The average molecular weight is 892 g/mol. The lowest BCUT2D eigenvalue weighted by Gasteiger charge is -2.40. The van der Waals surface area contributed by atoms with E-state index in [0.29, 0.717) is 19.3 Å². The third-order valence-corrected chi connectivity index (χ3v) is 11.8. The number of hydrogen-bond donors (Lipinski definition) is 8. The normalized spacial score (nSPS) is 21.7. The van der Waals surface area contributed by atoms with Gasteiger partial charge in [0.15, 0.2) is 6.29 Å². The van der Waals surface area contributed by atoms with Gasteiger partial charge in [-0.15, -0.1) is 0 Å². The number of hydrogen-bond acceptors (Lipinski definition) is 10. The molecule has 0 spiro atoms. The quantitative estimate of drug-likeness (QED) is 0.0167. The molecule has 1 saturated heterocycles. The smallest absolute Gasteiger partial charge is 0.249 e. The SMILES string of the molecule is CCCCC/C=C\C=C/CCCCCCCCCCCC(O)C(=O)NC(COC1OC(CO)C(O)C(O)C1O)C(O)C(O)CCC/C=C/CC/C=C/CC/C=C/CCCCCCC. The predicted molar refractivity (Wildman–Crippen MR) is 256 cm³/mol. The maximum atomic E-state index is 13.1. The van der Waals surface area contributed by atoms with Crippen molar-refractivity contribution >= 4 is 5.91 Å². The third-order valence-electron chi connectivity index (χ3n) is 11.8. The highest BCUT2D eigenvalue weighted by Gasteiger charge is 2.44. The highest BCUT2D eigenvalue weighted by molar-refractivity contribution is 5.80. The fraction of sp³-hybridized carbons (Fsp3) is 0.788. The van der Waals surface area contributed by atoms with E-state index in [1.54, 1.807) is 0 Å². The van der Waals surface area contributed by atoms with Gasteiger partial charge in [0.2, 0.25) is 5.91 Å². The molecule has 9 unspecified atom stereocenters. The molecule has 11 heteroatoms. The number of carbonyl (C=O) groups is 1. The Bertz CT molecular complexity index is 1210. The van der Waals surface area contributed by atoms with Gasteiger partial charge >= 0.3 is 0 Å². The van der Waals surface area contributed by atoms with Crippen LogP contribution in [0.15, 0.2) is 60.8 Å². The van der Waals surface area contributed by atoms with Crippen molar-refractivity contribution in [3.8, 4) is 0 Å². The molecule has 1 amide bonds. The van der Waals surface area contributed by atoms with E-state index in [1.807, 2.05) is 0 Å². The van der Waals surface area contributed by atoms with Crippen LogP contribution in [0.5, 0.6) is 0 Å². The Hall–Kier alpha value is -2.19. The maximum Gasteiger partial charge on any atom is 0.249 e. The fourth-order valence-electron chi connectivity index (χ4n) is 7.58. The highest BCUT2D eigenvalue weighted by Crippen LogP contribution is 2.23. The number of unbranched alkanes of at least 4 members (excludes halogenated alkanes) is 20. The molecule has 63 heavy (non-hydrogen) atoms. The van der Waals surface area contributed by atoms with Crippen LogP contribution in [0.25, 0.3) is 0 Å². The van der Waals surface area contributed by atoms with Crippen molar-refractivity contribution in [2.75, 3.05) is 13.2 Å². The average Bonchev–Trinajstić information content (AvgIpc) is 3.28. The Labute approximate surface area is 382 Å². The third kappa shape index (κ3) is 30.6. The highest BCUT2D eigenvalue weighted by atomic mass is 16.7. The van der Waals surface area contributed by atoms with Gasteiger partial charge in [-0.25, -0.2) is 0 Å². The maximum absolute atomic E-state index is 13.1. The summed E-state index contributed by atoms with van der Waals surface area (Å²) >= 11 is 0. The molecule has 1 rings (SSSR count). The second kappa shape index (κ2) is 41.3. The summed E-state index contributed by atoms with van der Waals surface area (Å²) in [6.07, 6.45) is 39.7. The van der Waals surface area contributed by atoms with E-state index in [1.165, 1.54) is 89.9 Å². The van der Waals surface area contributed by atoms with Crippen LogP contribution < -0.4 is 5.32 Å². The number of ether oxygens (including phenoxy) is 2. The van der Waals surface area contributed by atoms with Crippen LogP contribution in [0.1, 0.15) is 194 Å². The van der Waals surface area contributed by atoms with Crippen molar-refractivity contribution in [3.63, 3.8) is 0 Å². The molecule has 0 aliphatic carbocycles. The molecule has 0 aromatic carbocycles. The van der Waals surface area contributed by atoms with Crippen LogP contribution in [0.3, 0.4) is 0 Å². The van der Waals surface area contributed by atoms with E-state index in [0.717, 1.165) is 57.8 Å². The van der Waals surface area contributed by atoms with E-state index in [4.69, 9.17) is 9.47 Å². The van der Waals surface area contributed by atoms with Crippen LogP contribution in [-0.4, -0.2) is 110 Å². The molecular formula is C52H93NO10. The molecule has 0 bridgehead atoms. The number of nitrogens with one attached hydrogen (secondary N) is 1. The number of amides is 1. The molecule has 0 aromatic rings. The Kier molecular flexibility index (Phi) is 38.5. The summed E-state index contributed by atoms with van der Waals surface area (Å²) in [4.78, 5) is 13.1. The first-order valence-corrected chi connectivity index (χ1v) is 25.2. The van der Waals surface area contributed by atoms with Gasteiger partial charge in [0.1, 0.15) is 36.6 Å². The number of allylic oxidation sites excluding steroid dienone is 10. The summed E-state index contributed by atoms with van der Waals surface area (Å²) < 4.78 is 11.1. The standard InChI is InChI=1S/C52H93NO10/c1-3-5-7-9-11-13-15-17-19-21-23-25-27-29-31-33-35-37-39-44(55)47(57)43(42-62-52-50(60)49(59)48(58)46(41-54)63-52)53-51(61)45(56)40-38-36-34-32-30-28-26-24-22-20-18-16-14-12-10-8-6-4-2/h12,14-18,23,25,31,33,43-50,52,54-60H,3-11,13,19-22,24,26-30,32,34-42H2,1-2H3,(H,53,61)/b14-12-,17-15+,18-16-,25-23+,33-31+. The lowest BCUT2D eigenvalue weighted by atomic mass is 9.98. The minimum Gasteiger partial charge on any atom is -0.394 e. The zero-order valence-corrected chi connectivity index (χ0v) is 39.5. The van der Waals surface area contributed by atoms with Crippen molar-refractivity contribution in [1.82, 2.24) is 5.32 Å². The van der Waals surface area contributed by atoms with E-state index in [9.17, 15) is 40.5 Å². The van der Waals surface area contributed by atoms with Gasteiger partial charge in [-0.05, 0) is 89.9 Å². The molecule has 11 nitrogen and oxygen atoms in total. The van der Waals surface area contributed by atoms with E-state index in [-0.39, 0.29) is 12.8 Å². The van der Waals surface area contributed by atoms with Crippen molar-refractivity contribution in [3.05, 3.63) is 60.8 Å². The summed E-state index contributed by atoms with van der Waals surface area (Å²) in [5, 5.41) is 75.8. The molecule has 9 atom stereocenters. The molecule has 1 aliphatic heterocycles. The number of rotatable bonds is 41. The molecule has 8 N–H and O–H groups in total. The largest absolute Gasteiger partial charge is 0.394 e. The van der Waals surface area contributed by atoms with E-state index >= 15 is 0 Å². The van der Waals surface area contributed by atoms with E-state index in [2.05, 4.69) is 79.9 Å². The van der Waals surface area contributed by atoms with Gasteiger partial charge in [-0.1, -0.05) is 164 Å². The van der Waals surface area contributed by atoms with Gasteiger partial charge in [0, 0.05) is 0 Å². The molecule has 1 aliphatic rings. The van der Waals surface area contributed by atoms with Gasteiger partial charge in [-0.3, -0.25) is 4.79 Å². The molecule has 0 radical (unpaired) electrons. The summed E-state index contributed by atoms with van der Waals surface area (Å²) in [6, 6.07) is -1.20. The van der Waals surface area contributed by atoms with Crippen LogP contribution in [0, 0.1) is 0 Å². The number of carbonyl (C=O) groups excluding carboxylic acids is 1. The monoisotopic (exact) mass is 892 g/mol. The summed E-state index contributed by atoms with van der Waals surface area (Å²) in [5.74, 6) is -0.719. The minimum absolute atomic E-state index is 0.237. The van der Waals surface area contributed by atoms with E-state index < -0.39 is 74.2 Å². The Morgan fingerprint density at radius 1 is 0.556 bits per heavy atom. The molecule has 0 aromatic heterocycles. The first-order valence-electron chi connectivity index (χ1n) is 25.2. The van der Waals surface area contributed by atoms with Crippen molar-refractivity contribution in [2.45, 2.75) is 249 Å². The van der Waals surface area contributed by atoms with Crippen LogP contribution >= 0.6 is 0 Å². The minimum atomic E-state index is -1.68. The Morgan fingerprint density at radius 2 is 1.00 bits per heavy atom. The topological polar surface area (TPSA) is 189 Å². The predicted octanol–water partition coefficient (Wildman–Crippen LogP) is 9.11. The fourth-order valence-corrected chi connectivity index (χ4v) is 7.58. The van der Waals surface area contributed by atoms with Crippen LogP contribution in [-0.2, 0) is 14.3 Å². The van der Waals surface area contributed by atoms with Gasteiger partial charge in [0.25, 0.3) is 0 Å². The number of aliphatic hydroxyl groups is 7. The van der Waals surface area contributed by atoms with Crippen molar-refractivity contribution < 1.29 is 50.0 Å². The van der Waals surface area contributed by atoms with Gasteiger partial charge in [-0.2, -0.15) is 0 Å². The van der Waals surface area contributed by atoms with Crippen LogP contribution in [0.2, 0.25) is 0 Å². The van der Waals surface area contributed by atoms with Crippen molar-refractivity contribution in [2.24, 2.45) is 0 Å². The molecule has 0 saturated carbocycles. The molecule has 1 heterocycles. The van der Waals surface area contributed by atoms with Gasteiger partial charge in [0.05, 0.1) is 25.4 Å². The zero-order valence-electron chi connectivity index (χ0n) is 39.5. The second-order valence-corrected chi connectivity index (χ2v) is 17.5.